The fourth-order valence-corrected chi connectivity index (χ4v) is 3.61. The summed E-state index contributed by atoms with van der Waals surface area (Å²) in [6.07, 6.45) is 1.52. The summed E-state index contributed by atoms with van der Waals surface area (Å²) in [5.41, 5.74) is 3.07. The number of hydrogen-bond donors (Lipinski definition) is 2. The molecule has 4 aromatic heterocycles. The number of H-pyrrole nitrogens is 1. The number of nitrogens with zero attached hydrogens (tertiary/aromatic N) is 5. The predicted octanol–water partition coefficient (Wildman–Crippen LogP) is 3.93. The Hall–Kier alpha value is -4.05. The van der Waals surface area contributed by atoms with Gasteiger partial charge in [-0.2, -0.15) is 14.7 Å². The first-order valence-electron chi connectivity index (χ1n) is 9.02. The Morgan fingerprint density at radius 2 is 2.07 bits per heavy atom. The molecular formula is C20H15N7O2S. The number of carbonyl (C=O) groups is 1. The highest BCUT2D eigenvalue weighted by Crippen LogP contribution is 2.27. The number of anilines is 1. The molecule has 0 aliphatic rings. The van der Waals surface area contributed by atoms with Crippen molar-refractivity contribution in [1.82, 2.24) is 30.0 Å². The summed E-state index contributed by atoms with van der Waals surface area (Å²) in [4.78, 5) is 13.5. The molecule has 1 amide bonds. The molecule has 0 spiro atoms. The zero-order valence-corrected chi connectivity index (χ0v) is 16.6. The van der Waals surface area contributed by atoms with Crippen molar-refractivity contribution < 1.29 is 9.53 Å². The molecule has 5 aromatic rings. The molecule has 0 aliphatic carbocycles. The molecule has 0 bridgehead atoms. The molecule has 0 radical (unpaired) electrons. The Morgan fingerprint density at radius 3 is 2.87 bits per heavy atom. The van der Waals surface area contributed by atoms with Crippen LogP contribution in [0.3, 0.4) is 0 Å². The van der Waals surface area contributed by atoms with Crippen LogP contribution in [-0.2, 0) is 0 Å². The quantitative estimate of drug-likeness (QED) is 0.448. The van der Waals surface area contributed by atoms with E-state index in [9.17, 15) is 4.79 Å². The largest absolute Gasteiger partial charge is 0.453 e. The fourth-order valence-electron chi connectivity index (χ4n) is 2.92. The second kappa shape index (κ2) is 7.41. The van der Waals surface area contributed by atoms with Crippen LogP contribution < -0.4 is 10.1 Å². The van der Waals surface area contributed by atoms with Crippen LogP contribution in [-0.4, -0.2) is 35.9 Å². The Balaban J connectivity index is 1.29. The SMILES string of the molecule is Cc1cc(Oc2ccc(NC(=O)c3cc(-c4cccs4)[nH]n3)cc2)c2nncn2n1. The van der Waals surface area contributed by atoms with E-state index in [1.165, 1.54) is 6.33 Å². The van der Waals surface area contributed by atoms with E-state index in [4.69, 9.17) is 4.74 Å². The number of amides is 1. The molecule has 0 aliphatic heterocycles. The second-order valence-corrected chi connectivity index (χ2v) is 7.42. The van der Waals surface area contributed by atoms with Gasteiger partial charge in [-0.25, -0.2) is 0 Å². The maximum Gasteiger partial charge on any atom is 0.276 e. The van der Waals surface area contributed by atoms with Gasteiger partial charge in [0.15, 0.2) is 11.4 Å². The molecule has 0 fully saturated rings. The Bertz CT molecular complexity index is 1320. The van der Waals surface area contributed by atoms with Crippen molar-refractivity contribution in [3.8, 4) is 22.1 Å². The van der Waals surface area contributed by atoms with Crippen molar-refractivity contribution in [3.05, 3.63) is 71.6 Å². The molecule has 148 valence electrons. The molecule has 5 rings (SSSR count). The van der Waals surface area contributed by atoms with E-state index in [0.717, 1.165) is 16.3 Å². The number of thiophene rings is 1. The number of carbonyl (C=O) groups excluding carboxylic acids is 1. The molecule has 0 saturated carbocycles. The lowest BCUT2D eigenvalue weighted by atomic mass is 10.2. The van der Waals surface area contributed by atoms with Gasteiger partial charge in [0.05, 0.1) is 16.3 Å². The van der Waals surface area contributed by atoms with Gasteiger partial charge in [-0.15, -0.1) is 21.5 Å². The lowest BCUT2D eigenvalue weighted by Gasteiger charge is -2.08. The molecule has 9 nitrogen and oxygen atoms in total. The minimum atomic E-state index is -0.294. The normalized spacial score (nSPS) is 11.0. The number of benzene rings is 1. The molecule has 0 unspecified atom stereocenters. The number of aromatic amines is 1. The summed E-state index contributed by atoms with van der Waals surface area (Å²) >= 11 is 1.58. The van der Waals surface area contributed by atoms with Crippen LogP contribution in [0.2, 0.25) is 0 Å². The van der Waals surface area contributed by atoms with Gasteiger partial charge in [0.1, 0.15) is 12.1 Å². The highest BCUT2D eigenvalue weighted by Gasteiger charge is 2.13. The molecule has 1 aromatic carbocycles. The van der Waals surface area contributed by atoms with Crippen LogP contribution in [0.4, 0.5) is 5.69 Å². The Morgan fingerprint density at radius 1 is 1.20 bits per heavy atom. The minimum Gasteiger partial charge on any atom is -0.453 e. The number of nitrogens with one attached hydrogen (secondary N) is 2. The van der Waals surface area contributed by atoms with Gasteiger partial charge in [-0.1, -0.05) is 6.07 Å². The minimum absolute atomic E-state index is 0.294. The van der Waals surface area contributed by atoms with Crippen LogP contribution in [0, 0.1) is 6.92 Å². The van der Waals surface area contributed by atoms with Crippen LogP contribution in [0.15, 0.2) is 60.2 Å². The number of ether oxygens (including phenoxy) is 1. The topological polar surface area (TPSA) is 110 Å². The van der Waals surface area contributed by atoms with Crippen molar-refractivity contribution in [2.45, 2.75) is 6.92 Å². The van der Waals surface area contributed by atoms with E-state index in [2.05, 4.69) is 30.8 Å². The maximum atomic E-state index is 12.5. The first-order chi connectivity index (χ1) is 14.7. The van der Waals surface area contributed by atoms with Gasteiger partial charge in [0.2, 0.25) is 5.65 Å². The van der Waals surface area contributed by atoms with Gasteiger partial charge < -0.3 is 10.1 Å². The van der Waals surface area contributed by atoms with E-state index in [0.29, 0.717) is 28.5 Å². The third-order valence-corrected chi connectivity index (χ3v) is 5.20. The summed E-state index contributed by atoms with van der Waals surface area (Å²) in [7, 11) is 0. The number of rotatable bonds is 5. The number of aromatic nitrogens is 6. The van der Waals surface area contributed by atoms with E-state index >= 15 is 0 Å². The van der Waals surface area contributed by atoms with Gasteiger partial charge in [0.25, 0.3) is 5.91 Å². The van der Waals surface area contributed by atoms with Gasteiger partial charge in [-0.3, -0.25) is 9.89 Å². The molecule has 30 heavy (non-hydrogen) atoms. The molecular weight excluding hydrogens is 402 g/mol. The van der Waals surface area contributed by atoms with Crippen LogP contribution in [0.25, 0.3) is 16.2 Å². The Kier molecular flexibility index (Phi) is 4.45. The predicted molar refractivity (Wildman–Crippen MR) is 112 cm³/mol. The van der Waals surface area contributed by atoms with Crippen molar-refractivity contribution in [3.63, 3.8) is 0 Å². The summed E-state index contributed by atoms with van der Waals surface area (Å²) < 4.78 is 7.49. The van der Waals surface area contributed by atoms with Crippen molar-refractivity contribution in [1.29, 1.82) is 0 Å². The summed E-state index contributed by atoms with van der Waals surface area (Å²) in [6, 6.07) is 14.5. The number of aryl methyl sites for hydroxylation is 1. The Labute approximate surface area is 174 Å². The molecule has 0 saturated heterocycles. The van der Waals surface area contributed by atoms with E-state index < -0.39 is 0 Å². The third kappa shape index (κ3) is 3.51. The summed E-state index contributed by atoms with van der Waals surface area (Å²) in [5.74, 6) is 0.857. The van der Waals surface area contributed by atoms with Crippen molar-refractivity contribution in [2.75, 3.05) is 5.32 Å². The van der Waals surface area contributed by atoms with Crippen molar-refractivity contribution >= 4 is 28.6 Å². The standard InChI is InChI=1S/C20H15N7O2S/c1-12-9-17(19-25-21-11-27(19)26-12)29-14-6-4-13(5-7-14)22-20(28)16-10-15(23-24-16)18-3-2-8-30-18/h2-11H,1H3,(H,22,28)(H,23,24). The van der Waals surface area contributed by atoms with Gasteiger partial charge >= 0.3 is 0 Å². The average molecular weight is 417 g/mol. The highest BCUT2D eigenvalue weighted by molar-refractivity contribution is 7.13. The molecule has 10 heteroatoms. The van der Waals surface area contributed by atoms with E-state index in [-0.39, 0.29) is 5.91 Å². The lowest BCUT2D eigenvalue weighted by molar-refractivity contribution is 0.102. The second-order valence-electron chi connectivity index (χ2n) is 6.47. The smallest absolute Gasteiger partial charge is 0.276 e. The highest BCUT2D eigenvalue weighted by atomic mass is 32.1. The lowest BCUT2D eigenvalue weighted by Crippen LogP contribution is -2.12. The molecule has 0 atom stereocenters. The number of hydrogen-bond acceptors (Lipinski definition) is 7. The first kappa shape index (κ1) is 18.0. The van der Waals surface area contributed by atoms with Crippen molar-refractivity contribution in [2.24, 2.45) is 0 Å². The van der Waals surface area contributed by atoms with E-state index in [1.807, 2.05) is 24.4 Å². The van der Waals surface area contributed by atoms with Crippen LogP contribution in [0.1, 0.15) is 16.2 Å². The molecule has 2 N–H and O–H groups in total. The third-order valence-electron chi connectivity index (χ3n) is 4.29. The monoisotopic (exact) mass is 417 g/mol. The van der Waals surface area contributed by atoms with Gasteiger partial charge in [0, 0.05) is 11.8 Å². The first-order valence-corrected chi connectivity index (χ1v) is 9.90. The summed E-state index contributed by atoms with van der Waals surface area (Å²) in [5, 5.41) is 24.0. The molecule has 4 heterocycles. The zero-order chi connectivity index (χ0) is 20.5. The average Bonchev–Trinajstić information content (AvgIpc) is 3.50. The fraction of sp³-hybridized carbons (Fsp3) is 0.0500. The maximum absolute atomic E-state index is 12.5. The number of fused-ring (bicyclic) bond motifs is 1. The van der Waals surface area contributed by atoms with Crippen LogP contribution >= 0.6 is 11.3 Å². The zero-order valence-electron chi connectivity index (χ0n) is 15.7. The van der Waals surface area contributed by atoms with Crippen LogP contribution in [0.5, 0.6) is 11.5 Å². The van der Waals surface area contributed by atoms with Gasteiger partial charge in [-0.05, 0) is 48.7 Å². The van der Waals surface area contributed by atoms with E-state index in [1.54, 1.807) is 52.3 Å². The summed E-state index contributed by atoms with van der Waals surface area (Å²) in [6.45, 7) is 1.86.